The van der Waals surface area contributed by atoms with Gasteiger partial charge in [0.2, 0.25) is 0 Å². The zero-order valence-electron chi connectivity index (χ0n) is 10.7. The van der Waals surface area contributed by atoms with Crippen LogP contribution in [-0.2, 0) is 6.54 Å². The van der Waals surface area contributed by atoms with Crippen LogP contribution in [0.3, 0.4) is 0 Å². The lowest BCUT2D eigenvalue weighted by Gasteiger charge is -2.05. The fraction of sp³-hybridized carbons (Fsp3) is 0.154. The lowest BCUT2D eigenvalue weighted by molar-refractivity contribution is 0.0696. The molecule has 104 valence electrons. The molecule has 0 unspecified atom stereocenters. The topological polar surface area (TPSA) is 105 Å². The number of carbonyl (C=O) groups excluding carboxylic acids is 1. The summed E-state index contributed by atoms with van der Waals surface area (Å²) in [5.41, 5.74) is 7.03. The third kappa shape index (κ3) is 3.12. The smallest absolute Gasteiger partial charge is 0.335 e. The molecule has 0 aliphatic heterocycles. The summed E-state index contributed by atoms with van der Waals surface area (Å²) in [6.45, 7) is 1.96. The number of nitrogens with zero attached hydrogens (tertiary/aromatic N) is 1. The van der Waals surface area contributed by atoms with Crippen molar-refractivity contribution in [2.75, 3.05) is 5.73 Å². The molecule has 0 radical (unpaired) electrons. The second-order valence-corrected chi connectivity index (χ2v) is 5.19. The highest BCUT2D eigenvalue weighted by Crippen LogP contribution is 2.19. The number of rotatable bonds is 4. The number of carboxylic acids is 1. The van der Waals surface area contributed by atoms with Crippen LogP contribution in [-0.4, -0.2) is 22.0 Å². The van der Waals surface area contributed by atoms with Crippen molar-refractivity contribution in [3.63, 3.8) is 0 Å². The van der Waals surface area contributed by atoms with Gasteiger partial charge in [0.05, 0.1) is 11.3 Å². The van der Waals surface area contributed by atoms with Crippen molar-refractivity contribution in [2.45, 2.75) is 13.5 Å². The molecule has 0 aliphatic rings. The Morgan fingerprint density at radius 2 is 2.20 bits per heavy atom. The SMILES string of the molecule is Cc1nc(N)sc1C(=O)NCc1cccc(C(=O)O)c1. The summed E-state index contributed by atoms with van der Waals surface area (Å²) in [6.07, 6.45) is 0. The van der Waals surface area contributed by atoms with E-state index in [-0.39, 0.29) is 18.0 Å². The Morgan fingerprint density at radius 1 is 1.45 bits per heavy atom. The molecule has 2 aromatic rings. The zero-order valence-corrected chi connectivity index (χ0v) is 11.5. The summed E-state index contributed by atoms with van der Waals surface area (Å²) in [5.74, 6) is -1.26. The lowest BCUT2D eigenvalue weighted by atomic mass is 10.1. The number of carbonyl (C=O) groups is 2. The third-order valence-corrected chi connectivity index (χ3v) is 3.63. The van der Waals surface area contributed by atoms with Gasteiger partial charge in [0, 0.05) is 6.54 Å². The second-order valence-electron chi connectivity index (χ2n) is 4.15. The van der Waals surface area contributed by atoms with E-state index >= 15 is 0 Å². The van der Waals surface area contributed by atoms with Crippen molar-refractivity contribution < 1.29 is 14.7 Å². The van der Waals surface area contributed by atoms with Crippen LogP contribution in [0.2, 0.25) is 0 Å². The van der Waals surface area contributed by atoms with E-state index in [1.54, 1.807) is 19.1 Å². The van der Waals surface area contributed by atoms with Crippen molar-refractivity contribution in [3.05, 3.63) is 46.0 Å². The Hall–Kier alpha value is -2.41. The third-order valence-electron chi connectivity index (χ3n) is 2.65. The van der Waals surface area contributed by atoms with Gasteiger partial charge >= 0.3 is 5.97 Å². The summed E-state index contributed by atoms with van der Waals surface area (Å²) >= 11 is 1.13. The first-order valence-electron chi connectivity index (χ1n) is 5.80. The maximum Gasteiger partial charge on any atom is 0.335 e. The normalized spacial score (nSPS) is 10.2. The first kappa shape index (κ1) is 14.0. The van der Waals surface area contributed by atoms with Crippen LogP contribution in [0, 0.1) is 6.92 Å². The number of aromatic nitrogens is 1. The van der Waals surface area contributed by atoms with Crippen molar-refractivity contribution in [1.82, 2.24) is 10.3 Å². The number of anilines is 1. The van der Waals surface area contributed by atoms with Crippen LogP contribution >= 0.6 is 11.3 Å². The van der Waals surface area contributed by atoms with Gasteiger partial charge in [0.25, 0.3) is 5.91 Å². The van der Waals surface area contributed by atoms with E-state index in [2.05, 4.69) is 10.3 Å². The van der Waals surface area contributed by atoms with Crippen LogP contribution < -0.4 is 11.1 Å². The molecule has 1 amide bonds. The monoisotopic (exact) mass is 291 g/mol. The van der Waals surface area contributed by atoms with Gasteiger partial charge in [-0.1, -0.05) is 23.5 Å². The number of benzene rings is 1. The van der Waals surface area contributed by atoms with Crippen molar-refractivity contribution in [3.8, 4) is 0 Å². The maximum atomic E-state index is 12.0. The fourth-order valence-electron chi connectivity index (χ4n) is 1.70. The predicted octanol–water partition coefficient (Wildman–Crippen LogP) is 1.66. The summed E-state index contributed by atoms with van der Waals surface area (Å²) in [4.78, 5) is 27.3. The Kier molecular flexibility index (Phi) is 3.99. The van der Waals surface area contributed by atoms with E-state index in [0.717, 1.165) is 11.3 Å². The molecule has 0 atom stereocenters. The number of nitrogen functional groups attached to an aromatic ring is 1. The predicted molar refractivity (Wildman–Crippen MR) is 75.8 cm³/mol. The number of thiazole rings is 1. The van der Waals surface area contributed by atoms with Gasteiger partial charge in [0.15, 0.2) is 5.13 Å². The molecular weight excluding hydrogens is 278 g/mol. The average Bonchev–Trinajstić information content (AvgIpc) is 2.75. The Labute approximate surface area is 119 Å². The first-order valence-corrected chi connectivity index (χ1v) is 6.62. The van der Waals surface area contributed by atoms with Gasteiger partial charge in [-0.05, 0) is 24.6 Å². The number of amides is 1. The molecule has 20 heavy (non-hydrogen) atoms. The van der Waals surface area contributed by atoms with Crippen LogP contribution in [0.5, 0.6) is 0 Å². The molecule has 4 N–H and O–H groups in total. The molecule has 1 aromatic heterocycles. The number of aryl methyl sites for hydroxylation is 1. The second kappa shape index (κ2) is 5.70. The van der Waals surface area contributed by atoms with Gasteiger partial charge in [0.1, 0.15) is 4.88 Å². The summed E-state index contributed by atoms with van der Waals surface area (Å²) in [6, 6.07) is 6.42. The highest BCUT2D eigenvalue weighted by molar-refractivity contribution is 7.17. The number of hydrogen-bond acceptors (Lipinski definition) is 5. The maximum absolute atomic E-state index is 12.0. The van der Waals surface area contributed by atoms with Crippen LogP contribution in [0.25, 0.3) is 0 Å². The van der Waals surface area contributed by atoms with E-state index in [1.807, 2.05) is 0 Å². The van der Waals surface area contributed by atoms with Crippen LogP contribution in [0.1, 0.15) is 31.3 Å². The minimum atomic E-state index is -0.996. The molecule has 6 nitrogen and oxygen atoms in total. The zero-order chi connectivity index (χ0) is 14.7. The van der Waals surface area contributed by atoms with Crippen molar-refractivity contribution in [2.24, 2.45) is 0 Å². The summed E-state index contributed by atoms with van der Waals surface area (Å²) in [5, 5.41) is 12.0. The average molecular weight is 291 g/mol. The van der Waals surface area contributed by atoms with E-state index in [4.69, 9.17) is 10.8 Å². The first-order chi connectivity index (χ1) is 9.47. The van der Waals surface area contributed by atoms with E-state index < -0.39 is 5.97 Å². The molecule has 0 saturated heterocycles. The molecule has 7 heteroatoms. The molecule has 0 saturated carbocycles. The van der Waals surface area contributed by atoms with Crippen molar-refractivity contribution >= 4 is 28.3 Å². The van der Waals surface area contributed by atoms with Gasteiger partial charge < -0.3 is 16.2 Å². The summed E-state index contributed by atoms with van der Waals surface area (Å²) in [7, 11) is 0. The molecule has 1 heterocycles. The molecule has 0 fully saturated rings. The number of carboxylic acid groups (broad SMARTS) is 1. The number of hydrogen-bond donors (Lipinski definition) is 3. The molecular formula is C13H13N3O3S. The number of nitrogens with two attached hydrogens (primary N) is 1. The van der Waals surface area contributed by atoms with Gasteiger partial charge in [-0.15, -0.1) is 0 Å². The number of aromatic carboxylic acids is 1. The van der Waals surface area contributed by atoms with E-state index in [0.29, 0.717) is 21.3 Å². The molecule has 0 spiro atoms. The highest BCUT2D eigenvalue weighted by Gasteiger charge is 2.13. The lowest BCUT2D eigenvalue weighted by Crippen LogP contribution is -2.22. The standard InChI is InChI=1S/C13H13N3O3S/c1-7-10(20-13(14)16-7)11(17)15-6-8-3-2-4-9(5-8)12(18)19/h2-5H,6H2,1H3,(H2,14,16)(H,15,17)(H,18,19). The number of nitrogens with one attached hydrogen (secondary N) is 1. The molecule has 0 aliphatic carbocycles. The van der Waals surface area contributed by atoms with Crippen molar-refractivity contribution in [1.29, 1.82) is 0 Å². The van der Waals surface area contributed by atoms with Gasteiger partial charge in [-0.2, -0.15) is 0 Å². The fourth-order valence-corrected chi connectivity index (χ4v) is 2.45. The Morgan fingerprint density at radius 3 is 2.80 bits per heavy atom. The van der Waals surface area contributed by atoms with Gasteiger partial charge in [-0.3, -0.25) is 4.79 Å². The molecule has 1 aromatic carbocycles. The Bertz CT molecular complexity index is 667. The molecule has 2 rings (SSSR count). The van der Waals surface area contributed by atoms with Crippen LogP contribution in [0.15, 0.2) is 24.3 Å². The largest absolute Gasteiger partial charge is 0.478 e. The van der Waals surface area contributed by atoms with Gasteiger partial charge in [-0.25, -0.2) is 9.78 Å². The Balaban J connectivity index is 2.05. The molecule has 0 bridgehead atoms. The quantitative estimate of drug-likeness (QED) is 0.794. The summed E-state index contributed by atoms with van der Waals surface area (Å²) < 4.78 is 0. The highest BCUT2D eigenvalue weighted by atomic mass is 32.1. The van der Waals surface area contributed by atoms with E-state index in [1.165, 1.54) is 12.1 Å². The van der Waals surface area contributed by atoms with E-state index in [9.17, 15) is 9.59 Å². The minimum Gasteiger partial charge on any atom is -0.478 e. The van der Waals surface area contributed by atoms with Crippen LogP contribution in [0.4, 0.5) is 5.13 Å². The minimum absolute atomic E-state index is 0.190.